The van der Waals surface area contributed by atoms with Crippen LogP contribution in [0.2, 0.25) is 0 Å². The molecule has 4 rings (SSSR count). The first-order valence-corrected chi connectivity index (χ1v) is 22.0. The monoisotopic (exact) mass is 773 g/mol. The van der Waals surface area contributed by atoms with Crippen LogP contribution in [-0.4, -0.2) is 89.6 Å². The fourth-order valence-corrected chi connectivity index (χ4v) is 10.4. The van der Waals surface area contributed by atoms with Crippen LogP contribution in [0, 0.1) is 29.1 Å². The molecule has 4 atom stereocenters. The van der Waals surface area contributed by atoms with Gasteiger partial charge < -0.3 is 26.2 Å². The highest BCUT2D eigenvalue weighted by molar-refractivity contribution is 7.92. The molecular formula is C41H67N5O7S. The van der Waals surface area contributed by atoms with Gasteiger partial charge >= 0.3 is 6.03 Å². The highest BCUT2D eigenvalue weighted by Crippen LogP contribution is 2.43. The van der Waals surface area contributed by atoms with Crippen molar-refractivity contribution in [1.82, 2.24) is 26.2 Å². The Balaban J connectivity index is 1.64. The van der Waals surface area contributed by atoms with E-state index in [2.05, 4.69) is 27.2 Å². The number of rotatable bonds is 15. The number of hydrogen-bond acceptors (Lipinski definition) is 7. The van der Waals surface area contributed by atoms with Gasteiger partial charge in [0.25, 0.3) is 5.91 Å². The lowest BCUT2D eigenvalue weighted by molar-refractivity contribution is -0.152. The molecule has 4 N–H and O–H groups in total. The minimum Gasteiger partial charge on any atom is -0.347 e. The van der Waals surface area contributed by atoms with E-state index in [1.807, 2.05) is 34.6 Å². The van der Waals surface area contributed by atoms with Crippen LogP contribution in [0.25, 0.3) is 0 Å². The average molecular weight is 774 g/mol. The van der Waals surface area contributed by atoms with Crippen molar-refractivity contribution in [2.45, 2.75) is 186 Å². The predicted octanol–water partition coefficient (Wildman–Crippen LogP) is 4.94. The third kappa shape index (κ3) is 10.4. The molecule has 0 bridgehead atoms. The van der Waals surface area contributed by atoms with Gasteiger partial charge in [-0.05, 0) is 88.4 Å². The topological polar surface area (TPSA) is 171 Å². The fourth-order valence-electron chi connectivity index (χ4n) is 8.43. The molecule has 5 amide bonds. The minimum atomic E-state index is -3.59. The fraction of sp³-hybridized carbons (Fsp3) is 0.829. The summed E-state index contributed by atoms with van der Waals surface area (Å²) in [4.78, 5) is 71.2. The van der Waals surface area contributed by atoms with Crippen LogP contribution in [0.3, 0.4) is 0 Å². The van der Waals surface area contributed by atoms with Crippen LogP contribution >= 0.6 is 0 Å². The third-order valence-corrected chi connectivity index (χ3v) is 16.3. The Bertz CT molecular complexity index is 1550. The number of terminal acetylenes is 1. The number of urea groups is 1. The van der Waals surface area contributed by atoms with Crippen molar-refractivity contribution in [1.29, 1.82) is 0 Å². The summed E-state index contributed by atoms with van der Waals surface area (Å²) >= 11 is 0. The van der Waals surface area contributed by atoms with E-state index in [-0.39, 0.29) is 48.4 Å². The van der Waals surface area contributed by atoms with E-state index in [0.29, 0.717) is 38.5 Å². The molecule has 0 aromatic heterocycles. The predicted molar refractivity (Wildman–Crippen MR) is 210 cm³/mol. The number of carbonyl (C=O) groups is 5. The van der Waals surface area contributed by atoms with E-state index in [1.54, 1.807) is 18.7 Å². The van der Waals surface area contributed by atoms with Crippen molar-refractivity contribution in [3.05, 3.63) is 0 Å². The number of nitrogens with zero attached hydrogens (tertiary/aromatic N) is 1. The highest BCUT2D eigenvalue weighted by atomic mass is 32.2. The lowest BCUT2D eigenvalue weighted by Gasteiger charge is -2.50. The van der Waals surface area contributed by atoms with Gasteiger partial charge in [0.15, 0.2) is 9.84 Å². The van der Waals surface area contributed by atoms with Crippen LogP contribution in [0.15, 0.2) is 0 Å². The smallest absolute Gasteiger partial charge is 0.315 e. The second-order valence-corrected chi connectivity index (χ2v) is 21.1. The van der Waals surface area contributed by atoms with Crippen molar-refractivity contribution < 1.29 is 32.4 Å². The molecule has 0 aromatic rings. The number of Topliss-reactive ketones (excluding diaryl/α,β-unsaturated/α-hetero) is 1. The first-order chi connectivity index (χ1) is 25.2. The first-order valence-electron chi connectivity index (χ1n) is 20.4. The Kier molecular flexibility index (Phi) is 14.0. The van der Waals surface area contributed by atoms with Crippen LogP contribution in [0.5, 0.6) is 0 Å². The van der Waals surface area contributed by atoms with Gasteiger partial charge in [0, 0.05) is 19.0 Å². The number of hydrogen-bond donors (Lipinski definition) is 4. The summed E-state index contributed by atoms with van der Waals surface area (Å²) < 4.78 is 26.4. The van der Waals surface area contributed by atoms with Crippen molar-refractivity contribution in [2.24, 2.45) is 16.7 Å². The molecule has 0 aromatic carbocycles. The number of likely N-dealkylation sites (tertiary alicyclic amines) is 1. The summed E-state index contributed by atoms with van der Waals surface area (Å²) in [7, 11) is -3.59. The number of carbonyl (C=O) groups excluding carboxylic acids is 5. The normalized spacial score (nSPS) is 24.9. The molecule has 3 saturated carbocycles. The Morgan fingerprint density at radius 3 is 2.07 bits per heavy atom. The maximum absolute atomic E-state index is 15.1. The molecule has 1 heterocycles. The molecule has 0 radical (unpaired) electrons. The zero-order valence-electron chi connectivity index (χ0n) is 33.9. The average Bonchev–Trinajstić information content (AvgIpc) is 3.93. The number of nitrogens with one attached hydrogen (secondary N) is 4. The summed E-state index contributed by atoms with van der Waals surface area (Å²) in [5.41, 5.74) is -1.93. The molecule has 2 unspecified atom stereocenters. The summed E-state index contributed by atoms with van der Waals surface area (Å²) in [6.07, 6.45) is 15.8. The van der Waals surface area contributed by atoms with Crippen molar-refractivity contribution in [3.63, 3.8) is 0 Å². The van der Waals surface area contributed by atoms with Gasteiger partial charge in [-0.15, -0.1) is 12.3 Å². The molecule has 54 heavy (non-hydrogen) atoms. The Morgan fingerprint density at radius 1 is 0.926 bits per heavy atom. The zero-order chi connectivity index (χ0) is 40.1. The number of amides is 5. The largest absolute Gasteiger partial charge is 0.347 e. The second kappa shape index (κ2) is 17.3. The lowest BCUT2D eigenvalue weighted by atomic mass is 9.68. The second-order valence-electron chi connectivity index (χ2n) is 18.5. The first kappa shape index (κ1) is 43.6. The van der Waals surface area contributed by atoms with E-state index >= 15 is 4.79 Å². The Labute approximate surface area is 324 Å². The van der Waals surface area contributed by atoms with E-state index in [9.17, 15) is 27.6 Å². The van der Waals surface area contributed by atoms with Crippen LogP contribution in [-0.2, 0) is 29.0 Å². The molecule has 13 heteroatoms. The molecule has 1 saturated heterocycles. The molecule has 4 aliphatic rings. The van der Waals surface area contributed by atoms with Crippen molar-refractivity contribution >= 4 is 39.4 Å². The maximum atomic E-state index is 15.1. The maximum Gasteiger partial charge on any atom is 0.315 e. The van der Waals surface area contributed by atoms with Crippen molar-refractivity contribution in [2.75, 3.05) is 12.3 Å². The van der Waals surface area contributed by atoms with E-state index in [1.165, 1.54) is 0 Å². The van der Waals surface area contributed by atoms with Gasteiger partial charge in [-0.3, -0.25) is 19.2 Å². The highest BCUT2D eigenvalue weighted by Gasteiger charge is 2.51. The molecule has 12 nitrogen and oxygen atoms in total. The molecule has 304 valence electrons. The van der Waals surface area contributed by atoms with Gasteiger partial charge in [0.1, 0.15) is 12.1 Å². The van der Waals surface area contributed by atoms with Crippen molar-refractivity contribution in [3.8, 4) is 12.3 Å². The van der Waals surface area contributed by atoms with Gasteiger partial charge in [0.2, 0.25) is 17.6 Å². The van der Waals surface area contributed by atoms with Crippen LogP contribution in [0.4, 0.5) is 4.79 Å². The molecule has 1 aliphatic heterocycles. The van der Waals surface area contributed by atoms with Gasteiger partial charge in [-0.25, -0.2) is 13.2 Å². The molecule has 0 spiro atoms. The summed E-state index contributed by atoms with van der Waals surface area (Å²) in [6.45, 7) is 13.7. The summed E-state index contributed by atoms with van der Waals surface area (Å²) in [6, 6.07) is -3.74. The summed E-state index contributed by atoms with van der Waals surface area (Å²) in [5.74, 6) is -0.131. The quantitative estimate of drug-likeness (QED) is 0.135. The number of ketones is 1. The Hall–Kier alpha value is -3.14. The molecular weight excluding hydrogens is 707 g/mol. The van der Waals surface area contributed by atoms with Crippen LogP contribution in [0.1, 0.15) is 151 Å². The standard InChI is InChI=1S/C41H67N5O7S/c1-9-11-18-30(32(47)35(49)42-29-19-20-29)43-34(48)31-25-38(4,5)28(3)26-46(31)36(50)33(40(8)21-14-12-15-22-40)44-37(51)45-41(23-16-13-17-24-41)27-54(52,53)39(6,7)10-2/h1,28-31,33H,10-27H2,2-8H3,(H,42,49)(H,43,48)(H2,44,45,51)/t28?,30?,31-,33+/m0/s1. The van der Waals surface area contributed by atoms with E-state index in [0.717, 1.165) is 51.4 Å². The molecule has 3 aliphatic carbocycles. The van der Waals surface area contributed by atoms with Gasteiger partial charge in [-0.1, -0.05) is 73.1 Å². The Morgan fingerprint density at radius 2 is 1.52 bits per heavy atom. The van der Waals surface area contributed by atoms with Crippen LogP contribution < -0.4 is 21.3 Å². The zero-order valence-corrected chi connectivity index (χ0v) is 34.7. The number of sulfone groups is 1. The minimum absolute atomic E-state index is 0.0000354. The van der Waals surface area contributed by atoms with E-state index in [4.69, 9.17) is 6.42 Å². The lowest BCUT2D eigenvalue weighted by Crippen LogP contribution is -2.67. The van der Waals surface area contributed by atoms with E-state index < -0.39 is 67.3 Å². The molecule has 4 fully saturated rings. The van der Waals surface area contributed by atoms with Gasteiger partial charge in [0.05, 0.1) is 22.1 Å². The third-order valence-electron chi connectivity index (χ3n) is 13.4. The SMILES string of the molecule is C#CCCC(NC(=O)[C@@H]1CC(C)(C)C(C)CN1C(=O)[C@@H](NC(=O)NC1(CS(=O)(=O)C(C)(C)CC)CCCCC1)C1(C)CCCCC1)C(=O)C(=O)NC1CC1. The summed E-state index contributed by atoms with van der Waals surface area (Å²) in [5, 5.41) is 11.7. The van der Waals surface area contributed by atoms with Gasteiger partial charge in [-0.2, -0.15) is 0 Å². The number of piperidine rings is 1.